The third-order valence-corrected chi connectivity index (χ3v) is 8.06. The molecular formula is C20H19NO3S2. The molecule has 1 aromatic heterocycles. The van der Waals surface area contributed by atoms with E-state index in [1.54, 1.807) is 36.4 Å². The maximum absolute atomic E-state index is 12.8. The van der Waals surface area contributed by atoms with E-state index < -0.39 is 10.0 Å². The third kappa shape index (κ3) is 3.16. The van der Waals surface area contributed by atoms with Gasteiger partial charge in [0.1, 0.15) is 9.96 Å². The Bertz CT molecular complexity index is 1030. The number of rotatable bonds is 5. The molecule has 1 aliphatic carbocycles. The molecule has 6 heteroatoms. The van der Waals surface area contributed by atoms with Gasteiger partial charge in [-0.2, -0.15) is 0 Å². The zero-order chi connectivity index (χ0) is 18.4. The number of phenols is 1. The lowest BCUT2D eigenvalue weighted by molar-refractivity contribution is 0.475. The largest absolute Gasteiger partial charge is 0.508 e. The summed E-state index contributed by atoms with van der Waals surface area (Å²) in [6.45, 7) is 2.09. The van der Waals surface area contributed by atoms with Crippen LogP contribution in [0.3, 0.4) is 0 Å². The highest BCUT2D eigenvalue weighted by molar-refractivity contribution is 7.91. The van der Waals surface area contributed by atoms with E-state index in [4.69, 9.17) is 0 Å². The molecule has 0 aliphatic heterocycles. The van der Waals surface area contributed by atoms with E-state index in [1.165, 1.54) is 11.3 Å². The Labute approximate surface area is 157 Å². The van der Waals surface area contributed by atoms with Crippen molar-refractivity contribution in [2.24, 2.45) is 0 Å². The van der Waals surface area contributed by atoms with Gasteiger partial charge in [-0.1, -0.05) is 37.3 Å². The zero-order valence-electron chi connectivity index (χ0n) is 14.2. The van der Waals surface area contributed by atoms with Crippen molar-refractivity contribution in [3.05, 3.63) is 72.3 Å². The SMILES string of the molecule is C[C@]1(c2ccccc2)C[C@@H]1NS(=O)(=O)c1ccc(-c2ccc(O)cc2)s1. The van der Waals surface area contributed by atoms with Gasteiger partial charge in [-0.15, -0.1) is 11.3 Å². The smallest absolute Gasteiger partial charge is 0.250 e. The number of sulfonamides is 1. The summed E-state index contributed by atoms with van der Waals surface area (Å²) >= 11 is 1.23. The number of hydrogen-bond acceptors (Lipinski definition) is 4. The predicted molar refractivity (Wildman–Crippen MR) is 104 cm³/mol. The van der Waals surface area contributed by atoms with Crippen molar-refractivity contribution in [3.8, 4) is 16.2 Å². The Morgan fingerprint density at radius 1 is 1.04 bits per heavy atom. The average molecular weight is 386 g/mol. The highest BCUT2D eigenvalue weighted by Gasteiger charge is 2.53. The van der Waals surface area contributed by atoms with E-state index in [0.29, 0.717) is 4.21 Å². The Kier molecular flexibility index (Phi) is 4.14. The molecule has 3 aromatic rings. The van der Waals surface area contributed by atoms with E-state index in [0.717, 1.165) is 22.4 Å². The van der Waals surface area contributed by atoms with Gasteiger partial charge in [-0.05, 0) is 53.9 Å². The first-order valence-electron chi connectivity index (χ1n) is 8.36. The Balaban J connectivity index is 1.52. The monoisotopic (exact) mass is 385 g/mol. The number of hydrogen-bond donors (Lipinski definition) is 2. The van der Waals surface area contributed by atoms with Gasteiger partial charge < -0.3 is 5.11 Å². The molecule has 0 saturated heterocycles. The molecule has 1 heterocycles. The molecule has 2 aromatic carbocycles. The number of aromatic hydroxyl groups is 1. The molecular weight excluding hydrogens is 366 g/mol. The van der Waals surface area contributed by atoms with Crippen LogP contribution in [-0.2, 0) is 15.4 Å². The summed E-state index contributed by atoms with van der Waals surface area (Å²) in [6.07, 6.45) is 0.798. The first-order valence-corrected chi connectivity index (χ1v) is 10.7. The average Bonchev–Trinajstić information content (AvgIpc) is 3.06. The minimum Gasteiger partial charge on any atom is -0.508 e. The molecule has 0 bridgehead atoms. The molecule has 134 valence electrons. The standard InChI is InChI=1S/C20H19NO3S2/c1-20(15-5-3-2-4-6-15)13-18(20)21-26(23,24)19-12-11-17(25-19)14-7-9-16(22)10-8-14/h2-12,18,21-22H,13H2,1H3/t18-,20+/m0/s1. The van der Waals surface area contributed by atoms with Gasteiger partial charge in [0.25, 0.3) is 0 Å². The van der Waals surface area contributed by atoms with Crippen LogP contribution in [0.5, 0.6) is 5.75 Å². The fourth-order valence-corrected chi connectivity index (χ4v) is 5.84. The summed E-state index contributed by atoms with van der Waals surface area (Å²) in [6, 6.07) is 20.1. The van der Waals surface area contributed by atoms with E-state index in [1.807, 2.05) is 30.3 Å². The van der Waals surface area contributed by atoms with E-state index in [9.17, 15) is 13.5 Å². The van der Waals surface area contributed by atoms with Crippen LogP contribution in [0.15, 0.2) is 70.9 Å². The summed E-state index contributed by atoms with van der Waals surface area (Å²) < 4.78 is 28.7. The minimum atomic E-state index is -3.55. The van der Waals surface area contributed by atoms with Gasteiger partial charge in [0, 0.05) is 16.3 Å². The van der Waals surface area contributed by atoms with Gasteiger partial charge in [-0.3, -0.25) is 0 Å². The van der Waals surface area contributed by atoms with Crippen LogP contribution in [0.25, 0.3) is 10.4 Å². The van der Waals surface area contributed by atoms with E-state index >= 15 is 0 Å². The fourth-order valence-electron chi connectivity index (χ4n) is 3.17. The summed E-state index contributed by atoms with van der Waals surface area (Å²) in [5.74, 6) is 0.189. The molecule has 0 spiro atoms. The van der Waals surface area contributed by atoms with Crippen molar-refractivity contribution in [3.63, 3.8) is 0 Å². The molecule has 1 saturated carbocycles. The maximum atomic E-state index is 12.8. The second kappa shape index (κ2) is 6.23. The lowest BCUT2D eigenvalue weighted by Crippen LogP contribution is -2.29. The molecule has 0 radical (unpaired) electrons. The van der Waals surface area contributed by atoms with Crippen LogP contribution >= 0.6 is 11.3 Å². The van der Waals surface area contributed by atoms with Gasteiger partial charge in [0.05, 0.1) is 0 Å². The van der Waals surface area contributed by atoms with Crippen LogP contribution < -0.4 is 4.72 Å². The van der Waals surface area contributed by atoms with Crippen LogP contribution in [0.1, 0.15) is 18.9 Å². The van der Waals surface area contributed by atoms with Gasteiger partial charge >= 0.3 is 0 Å². The number of phenolic OH excluding ortho intramolecular Hbond substituents is 1. The second-order valence-electron chi connectivity index (χ2n) is 6.83. The van der Waals surface area contributed by atoms with Crippen LogP contribution in [0.4, 0.5) is 0 Å². The quantitative estimate of drug-likeness (QED) is 0.694. The summed E-state index contributed by atoms with van der Waals surface area (Å²) in [7, 11) is -3.55. The second-order valence-corrected chi connectivity index (χ2v) is 9.85. The van der Waals surface area contributed by atoms with Crippen molar-refractivity contribution in [1.82, 2.24) is 4.72 Å². The molecule has 0 amide bonds. The molecule has 4 nitrogen and oxygen atoms in total. The van der Waals surface area contributed by atoms with Crippen molar-refractivity contribution >= 4 is 21.4 Å². The van der Waals surface area contributed by atoms with E-state index in [2.05, 4.69) is 11.6 Å². The summed E-state index contributed by atoms with van der Waals surface area (Å²) in [5.41, 5.74) is 1.89. The lowest BCUT2D eigenvalue weighted by Gasteiger charge is -2.12. The normalized spacial score (nSPS) is 22.3. The number of thiophene rings is 1. The van der Waals surface area contributed by atoms with E-state index in [-0.39, 0.29) is 17.2 Å². The van der Waals surface area contributed by atoms with Crippen LogP contribution in [-0.4, -0.2) is 19.6 Å². The van der Waals surface area contributed by atoms with Crippen molar-refractivity contribution in [1.29, 1.82) is 0 Å². The Hall–Kier alpha value is -2.15. The molecule has 1 fully saturated rings. The number of benzene rings is 2. The van der Waals surface area contributed by atoms with Crippen molar-refractivity contribution in [2.45, 2.75) is 29.0 Å². The highest BCUT2D eigenvalue weighted by Crippen LogP contribution is 2.48. The topological polar surface area (TPSA) is 66.4 Å². The van der Waals surface area contributed by atoms with Crippen molar-refractivity contribution < 1.29 is 13.5 Å². The molecule has 26 heavy (non-hydrogen) atoms. The fraction of sp³-hybridized carbons (Fsp3) is 0.200. The first kappa shape index (κ1) is 17.3. The van der Waals surface area contributed by atoms with Gasteiger partial charge in [0.15, 0.2) is 0 Å². The lowest BCUT2D eigenvalue weighted by atomic mass is 9.98. The Morgan fingerprint density at radius 2 is 1.73 bits per heavy atom. The molecule has 0 unspecified atom stereocenters. The van der Waals surface area contributed by atoms with Crippen molar-refractivity contribution in [2.75, 3.05) is 0 Å². The van der Waals surface area contributed by atoms with Crippen LogP contribution in [0, 0.1) is 0 Å². The Morgan fingerprint density at radius 3 is 2.42 bits per heavy atom. The number of nitrogens with one attached hydrogen (secondary N) is 1. The maximum Gasteiger partial charge on any atom is 0.250 e. The molecule has 1 aliphatic rings. The third-order valence-electron chi connectivity index (χ3n) is 4.97. The first-order chi connectivity index (χ1) is 12.4. The zero-order valence-corrected chi connectivity index (χ0v) is 15.8. The van der Waals surface area contributed by atoms with Gasteiger partial charge in [-0.25, -0.2) is 13.1 Å². The molecule has 2 N–H and O–H groups in total. The summed E-state index contributed by atoms with van der Waals surface area (Å²) in [5, 5.41) is 9.38. The van der Waals surface area contributed by atoms with Crippen LogP contribution in [0.2, 0.25) is 0 Å². The molecule has 4 rings (SSSR count). The van der Waals surface area contributed by atoms with Gasteiger partial charge in [0.2, 0.25) is 10.0 Å². The predicted octanol–water partition coefficient (Wildman–Crippen LogP) is 4.13. The summed E-state index contributed by atoms with van der Waals surface area (Å²) in [4.78, 5) is 0.854. The highest BCUT2D eigenvalue weighted by atomic mass is 32.2. The molecule has 2 atom stereocenters. The minimum absolute atomic E-state index is 0.0888.